The van der Waals surface area contributed by atoms with Crippen molar-refractivity contribution in [1.29, 1.82) is 0 Å². The zero-order valence-corrected chi connectivity index (χ0v) is 23.3. The minimum atomic E-state index is -1.77. The third-order valence-electron chi connectivity index (χ3n) is 9.50. The van der Waals surface area contributed by atoms with E-state index in [-0.39, 0.29) is 29.5 Å². The summed E-state index contributed by atoms with van der Waals surface area (Å²) in [7, 11) is 0. The van der Waals surface area contributed by atoms with Gasteiger partial charge in [0, 0.05) is 11.0 Å². The van der Waals surface area contributed by atoms with Gasteiger partial charge < -0.3 is 10.2 Å². The lowest BCUT2D eigenvalue weighted by atomic mass is 9.38. The van der Waals surface area contributed by atoms with Gasteiger partial charge in [0.1, 0.15) is 11.4 Å². The van der Waals surface area contributed by atoms with E-state index in [4.69, 9.17) is 0 Å². The van der Waals surface area contributed by atoms with Crippen LogP contribution in [0.25, 0.3) is 5.76 Å². The molecule has 1 aromatic rings. The van der Waals surface area contributed by atoms with Gasteiger partial charge in [0.05, 0.1) is 16.4 Å². The Morgan fingerprint density at radius 3 is 2.19 bits per heavy atom. The first-order valence-corrected chi connectivity index (χ1v) is 13.5. The molecule has 4 heteroatoms. The molecule has 4 aliphatic rings. The highest BCUT2D eigenvalue weighted by atomic mass is 16.3. The number of rotatable bonds is 8. The molecule has 4 aliphatic carbocycles. The van der Waals surface area contributed by atoms with Crippen LogP contribution >= 0.6 is 0 Å². The Kier molecular flexibility index (Phi) is 6.82. The second kappa shape index (κ2) is 9.23. The topological polar surface area (TPSA) is 74.6 Å². The van der Waals surface area contributed by atoms with E-state index in [0.717, 1.165) is 29.6 Å². The monoisotopic (exact) mass is 502 g/mol. The number of aliphatic hydroxyl groups excluding tert-OH is 1. The van der Waals surface area contributed by atoms with Gasteiger partial charge in [-0.05, 0) is 79.1 Å². The molecule has 198 valence electrons. The van der Waals surface area contributed by atoms with Crippen LogP contribution in [0, 0.1) is 22.2 Å². The van der Waals surface area contributed by atoms with Crippen LogP contribution < -0.4 is 0 Å². The fourth-order valence-electron chi connectivity index (χ4n) is 7.64. The summed E-state index contributed by atoms with van der Waals surface area (Å²) >= 11 is 0. The quantitative estimate of drug-likeness (QED) is 0.169. The number of fused-ring (bicyclic) bond motifs is 1. The Hall–Kier alpha value is -2.72. The molecule has 0 unspecified atom stereocenters. The van der Waals surface area contributed by atoms with Crippen LogP contribution in [0.1, 0.15) is 85.6 Å². The molecular weight excluding hydrogens is 460 g/mol. The number of benzene rings is 1. The summed E-state index contributed by atoms with van der Waals surface area (Å²) in [6.45, 7) is 16.1. The zero-order valence-electron chi connectivity index (χ0n) is 23.3. The number of allylic oxidation sites excluding steroid dienone is 5. The van der Waals surface area contributed by atoms with Crippen molar-refractivity contribution >= 4 is 17.3 Å². The van der Waals surface area contributed by atoms with Gasteiger partial charge in [-0.3, -0.25) is 9.59 Å². The molecule has 37 heavy (non-hydrogen) atoms. The lowest BCUT2D eigenvalue weighted by molar-refractivity contribution is -0.199. The van der Waals surface area contributed by atoms with Gasteiger partial charge in [-0.1, -0.05) is 66.1 Å². The van der Waals surface area contributed by atoms with E-state index < -0.39 is 27.6 Å². The van der Waals surface area contributed by atoms with Gasteiger partial charge in [0.2, 0.25) is 0 Å². The van der Waals surface area contributed by atoms with Gasteiger partial charge in [-0.2, -0.15) is 0 Å². The summed E-state index contributed by atoms with van der Waals surface area (Å²) in [5.41, 5.74) is -1.34. The summed E-state index contributed by atoms with van der Waals surface area (Å²) in [5.74, 6) is -0.758. The van der Waals surface area contributed by atoms with Crippen molar-refractivity contribution < 1.29 is 19.8 Å². The highest BCUT2D eigenvalue weighted by Gasteiger charge is 2.85. The van der Waals surface area contributed by atoms with Crippen LogP contribution in [0.4, 0.5) is 0 Å². The summed E-state index contributed by atoms with van der Waals surface area (Å²) < 4.78 is 0. The van der Waals surface area contributed by atoms with Crippen LogP contribution in [0.3, 0.4) is 0 Å². The molecule has 0 aliphatic heterocycles. The molecule has 0 aromatic heterocycles. The fraction of sp³-hybridized carbons (Fsp3) is 0.515. The first-order valence-electron chi connectivity index (χ1n) is 13.5. The van der Waals surface area contributed by atoms with E-state index in [1.54, 1.807) is 24.3 Å². The van der Waals surface area contributed by atoms with Crippen molar-refractivity contribution in [3.05, 3.63) is 76.9 Å². The SMILES string of the molecule is C=C(C)CC[C@H]1C[C@@]2(CC=C(C)C)C(=O)[C@]3(CC=C(C)C)C[C@@]1(C)[C@@]2(O)/C(=C(\O)c1ccccc1)C3=O. The van der Waals surface area contributed by atoms with E-state index in [1.165, 1.54) is 0 Å². The number of Topliss-reactive ketones (excluding diaryl/α,β-unsaturated/α-hetero) is 2. The Morgan fingerprint density at radius 2 is 1.62 bits per heavy atom. The molecule has 0 radical (unpaired) electrons. The number of carbonyl (C=O) groups is 2. The van der Waals surface area contributed by atoms with E-state index in [0.29, 0.717) is 24.8 Å². The second-order valence-corrected chi connectivity index (χ2v) is 12.6. The number of carbonyl (C=O) groups excluding carboxylic acids is 2. The van der Waals surface area contributed by atoms with Crippen molar-refractivity contribution in [2.75, 3.05) is 0 Å². The molecule has 4 saturated carbocycles. The zero-order chi connectivity index (χ0) is 27.4. The smallest absolute Gasteiger partial charge is 0.179 e. The van der Waals surface area contributed by atoms with Gasteiger partial charge >= 0.3 is 0 Å². The normalized spacial score (nSPS) is 35.4. The van der Waals surface area contributed by atoms with E-state index in [2.05, 4.69) is 13.5 Å². The van der Waals surface area contributed by atoms with Gasteiger partial charge in [-0.25, -0.2) is 0 Å². The molecule has 4 bridgehead atoms. The van der Waals surface area contributed by atoms with Gasteiger partial charge in [0.25, 0.3) is 0 Å². The average molecular weight is 503 g/mol. The number of ketones is 2. The molecule has 4 fully saturated rings. The molecule has 0 saturated heterocycles. The molecule has 0 spiro atoms. The Bertz CT molecular complexity index is 1230. The lowest BCUT2D eigenvalue weighted by Gasteiger charge is -2.63. The molecule has 0 amide bonds. The molecular formula is C33H42O4. The predicted molar refractivity (Wildman–Crippen MR) is 149 cm³/mol. The first kappa shape index (κ1) is 27.3. The van der Waals surface area contributed by atoms with Crippen LogP contribution in [0.5, 0.6) is 0 Å². The molecule has 5 atom stereocenters. The van der Waals surface area contributed by atoms with E-state index in [1.807, 2.05) is 52.8 Å². The predicted octanol–water partition coefficient (Wildman–Crippen LogP) is 7.31. The summed E-state index contributed by atoms with van der Waals surface area (Å²) in [6.07, 6.45) is 6.99. The van der Waals surface area contributed by atoms with E-state index in [9.17, 15) is 19.8 Å². The minimum absolute atomic E-state index is 0.00367. The summed E-state index contributed by atoms with van der Waals surface area (Å²) in [4.78, 5) is 29.1. The Labute approximate surface area is 221 Å². The average Bonchev–Trinajstić information content (AvgIpc) is 2.98. The molecule has 5 rings (SSSR count). The van der Waals surface area contributed by atoms with Crippen LogP contribution in [0.2, 0.25) is 0 Å². The fourth-order valence-corrected chi connectivity index (χ4v) is 7.64. The standard InChI is InChI=1S/C33H42O4/c1-21(2)13-14-25-19-32(18-16-23(5)6)29(36)31(17-15-22(3)4)20-30(25,7)33(32,37)26(28(31)35)27(34)24-11-9-8-10-12-24/h8-12,15-16,25,34,37H,1,13-14,17-20H2,2-7H3/b27-26-/t25-,30+,31+,32-,33-/m0/s1. The number of hydrogen-bond acceptors (Lipinski definition) is 4. The van der Waals surface area contributed by atoms with E-state index >= 15 is 0 Å². The van der Waals surface area contributed by atoms with Crippen LogP contribution in [-0.2, 0) is 9.59 Å². The van der Waals surface area contributed by atoms with Crippen molar-refractivity contribution in [1.82, 2.24) is 0 Å². The number of hydrogen-bond donors (Lipinski definition) is 2. The molecule has 1 aromatic carbocycles. The van der Waals surface area contributed by atoms with Crippen LogP contribution in [-0.4, -0.2) is 27.4 Å². The van der Waals surface area contributed by atoms with Crippen molar-refractivity contribution in [2.45, 2.75) is 85.7 Å². The highest BCUT2D eigenvalue weighted by molar-refractivity contribution is 6.24. The molecule has 2 N–H and O–H groups in total. The van der Waals surface area contributed by atoms with Crippen molar-refractivity contribution in [3.8, 4) is 0 Å². The first-order chi connectivity index (χ1) is 17.3. The third-order valence-corrected chi connectivity index (χ3v) is 9.50. The number of aliphatic hydroxyl groups is 2. The van der Waals surface area contributed by atoms with Gasteiger partial charge in [-0.15, -0.1) is 6.58 Å². The molecule has 0 heterocycles. The maximum Gasteiger partial charge on any atom is 0.179 e. The summed E-state index contributed by atoms with van der Waals surface area (Å²) in [5, 5.41) is 24.7. The molecule has 4 nitrogen and oxygen atoms in total. The summed E-state index contributed by atoms with van der Waals surface area (Å²) in [6, 6.07) is 8.95. The van der Waals surface area contributed by atoms with Crippen molar-refractivity contribution in [2.24, 2.45) is 22.2 Å². The maximum atomic E-state index is 14.7. The lowest BCUT2D eigenvalue weighted by Crippen LogP contribution is -2.74. The largest absolute Gasteiger partial charge is 0.507 e. The van der Waals surface area contributed by atoms with Crippen molar-refractivity contribution in [3.63, 3.8) is 0 Å². The Morgan fingerprint density at radius 1 is 1.03 bits per heavy atom. The van der Waals surface area contributed by atoms with Crippen LogP contribution in [0.15, 0.2) is 71.4 Å². The Balaban J connectivity index is 2.08. The minimum Gasteiger partial charge on any atom is -0.507 e. The second-order valence-electron chi connectivity index (χ2n) is 12.6. The maximum absolute atomic E-state index is 14.7. The third kappa shape index (κ3) is 3.74. The highest BCUT2D eigenvalue weighted by Crippen LogP contribution is 2.78. The van der Waals surface area contributed by atoms with Gasteiger partial charge in [0.15, 0.2) is 11.6 Å².